The van der Waals surface area contributed by atoms with Crippen LogP contribution in [-0.2, 0) is 20.7 Å². The highest BCUT2D eigenvalue weighted by Crippen LogP contribution is 2.17. The molecular weight excluding hydrogens is 345 g/mol. The molecule has 0 aliphatic carbocycles. The normalized spacial score (nSPS) is 13.5. The van der Waals surface area contributed by atoms with E-state index >= 15 is 0 Å². The van der Waals surface area contributed by atoms with Crippen molar-refractivity contribution < 1.29 is 23.8 Å². The third kappa shape index (κ3) is 5.81. The maximum Gasteiger partial charge on any atom is 0.305 e. The number of carboxylic acid groups (broad SMARTS) is 1. The number of rotatable bonds is 7. The fourth-order valence-electron chi connectivity index (χ4n) is 2.00. The fraction of sp³-hybridized carbons (Fsp3) is 0.429. The average molecular weight is 362 g/mol. The summed E-state index contributed by atoms with van der Waals surface area (Å²) in [6, 6.07) is 4.40. The van der Waals surface area contributed by atoms with Crippen LogP contribution in [0.25, 0.3) is 0 Å². The van der Waals surface area contributed by atoms with E-state index in [4.69, 9.17) is 9.84 Å². The van der Waals surface area contributed by atoms with E-state index in [0.717, 1.165) is 0 Å². The number of benzene rings is 1. The lowest BCUT2D eigenvalue weighted by atomic mass is 9.98. The molecule has 1 rings (SSSR count). The lowest BCUT2D eigenvalue weighted by molar-refractivity contribution is -0.139. The van der Waals surface area contributed by atoms with Gasteiger partial charge in [-0.25, -0.2) is 4.39 Å². The molecule has 0 aliphatic rings. The molecule has 2 N–H and O–H groups in total. The fourth-order valence-corrected chi connectivity index (χ4v) is 2.25. The van der Waals surface area contributed by atoms with E-state index in [-0.39, 0.29) is 19.4 Å². The lowest BCUT2D eigenvalue weighted by Crippen LogP contribution is -2.51. The second-order valence-corrected chi connectivity index (χ2v) is 5.89. The van der Waals surface area contributed by atoms with E-state index in [9.17, 15) is 14.0 Å². The van der Waals surface area contributed by atoms with E-state index in [1.807, 2.05) is 0 Å². The highest BCUT2D eigenvalue weighted by Gasteiger charge is 2.29. The summed E-state index contributed by atoms with van der Waals surface area (Å²) < 4.78 is 18.7. The Morgan fingerprint density at radius 1 is 1.48 bits per heavy atom. The van der Waals surface area contributed by atoms with Crippen LogP contribution in [0.15, 0.2) is 22.7 Å². The number of halogens is 2. The van der Waals surface area contributed by atoms with E-state index in [2.05, 4.69) is 21.2 Å². The van der Waals surface area contributed by atoms with Crippen molar-refractivity contribution in [1.82, 2.24) is 5.32 Å². The van der Waals surface area contributed by atoms with Crippen LogP contribution in [0.3, 0.4) is 0 Å². The second kappa shape index (κ2) is 7.51. The number of hydrogen-bond donors (Lipinski definition) is 2. The van der Waals surface area contributed by atoms with Crippen molar-refractivity contribution in [2.75, 3.05) is 13.7 Å². The van der Waals surface area contributed by atoms with Crippen LogP contribution >= 0.6 is 15.9 Å². The SMILES string of the molecule is COCC(C)(CC(=O)O)NC(=O)Cc1ccc(Br)c(F)c1. The Labute approximate surface area is 130 Å². The van der Waals surface area contributed by atoms with Gasteiger partial charge in [-0.1, -0.05) is 6.07 Å². The Bertz CT molecular complexity index is 538. The first-order chi connectivity index (χ1) is 9.75. The van der Waals surface area contributed by atoms with Crippen molar-refractivity contribution in [1.29, 1.82) is 0 Å². The zero-order valence-electron chi connectivity index (χ0n) is 11.8. The predicted octanol–water partition coefficient (Wildman–Crippen LogP) is 2.13. The first-order valence-corrected chi connectivity index (χ1v) is 7.01. The maximum atomic E-state index is 13.4. The van der Waals surface area contributed by atoms with Crippen LogP contribution in [0.5, 0.6) is 0 Å². The number of carbonyl (C=O) groups excluding carboxylic acids is 1. The third-order valence-electron chi connectivity index (χ3n) is 2.79. The molecule has 1 aromatic carbocycles. The number of aliphatic carboxylic acids is 1. The van der Waals surface area contributed by atoms with Crippen molar-refractivity contribution >= 4 is 27.8 Å². The molecule has 0 fully saturated rings. The van der Waals surface area contributed by atoms with E-state index in [1.54, 1.807) is 13.0 Å². The van der Waals surface area contributed by atoms with Crippen LogP contribution in [0.1, 0.15) is 18.9 Å². The molecular formula is C14H17BrFNO4. The molecule has 0 bridgehead atoms. The monoisotopic (exact) mass is 361 g/mol. The highest BCUT2D eigenvalue weighted by atomic mass is 79.9. The first kappa shape index (κ1) is 17.6. The van der Waals surface area contributed by atoms with Gasteiger partial charge in [0.25, 0.3) is 0 Å². The molecule has 0 aliphatic heterocycles. The summed E-state index contributed by atoms with van der Waals surface area (Å²) in [6.45, 7) is 1.66. The molecule has 0 spiro atoms. The minimum Gasteiger partial charge on any atom is -0.481 e. The molecule has 116 valence electrons. The molecule has 1 unspecified atom stereocenters. The summed E-state index contributed by atoms with van der Waals surface area (Å²) in [5.41, 5.74) is -0.505. The summed E-state index contributed by atoms with van der Waals surface area (Å²) >= 11 is 3.03. The standard InChI is InChI=1S/C14H17BrFNO4/c1-14(8-21-2,7-13(19)20)17-12(18)6-9-3-4-10(15)11(16)5-9/h3-5H,6-8H2,1-2H3,(H,17,18)(H,19,20). The molecule has 0 radical (unpaired) electrons. The third-order valence-corrected chi connectivity index (χ3v) is 3.44. The number of amides is 1. The second-order valence-electron chi connectivity index (χ2n) is 5.04. The van der Waals surface area contributed by atoms with Gasteiger partial charge < -0.3 is 15.2 Å². The zero-order chi connectivity index (χ0) is 16.0. The van der Waals surface area contributed by atoms with Crippen LogP contribution in [0.4, 0.5) is 4.39 Å². The molecule has 1 amide bonds. The molecule has 0 saturated heterocycles. The van der Waals surface area contributed by atoms with Crippen molar-refractivity contribution in [3.05, 3.63) is 34.1 Å². The molecule has 1 aromatic rings. The summed E-state index contributed by atoms with van der Waals surface area (Å²) in [7, 11) is 1.43. The van der Waals surface area contributed by atoms with Crippen molar-refractivity contribution in [3.63, 3.8) is 0 Å². The highest BCUT2D eigenvalue weighted by molar-refractivity contribution is 9.10. The average Bonchev–Trinajstić information content (AvgIpc) is 2.32. The Hall–Kier alpha value is -1.47. The van der Waals surface area contributed by atoms with Gasteiger partial charge in [-0.2, -0.15) is 0 Å². The van der Waals surface area contributed by atoms with Crippen LogP contribution in [-0.4, -0.2) is 36.2 Å². The molecule has 21 heavy (non-hydrogen) atoms. The maximum absolute atomic E-state index is 13.4. The molecule has 7 heteroatoms. The minimum atomic E-state index is -1.04. The van der Waals surface area contributed by atoms with Gasteiger partial charge in [0.1, 0.15) is 5.82 Å². The van der Waals surface area contributed by atoms with Crippen LogP contribution < -0.4 is 5.32 Å². The summed E-state index contributed by atoms with van der Waals surface area (Å²) in [5.74, 6) is -1.88. The Kier molecular flexibility index (Phi) is 6.29. The van der Waals surface area contributed by atoms with Gasteiger partial charge in [-0.3, -0.25) is 9.59 Å². The number of carboxylic acids is 1. The van der Waals surface area contributed by atoms with Crippen LogP contribution in [0.2, 0.25) is 0 Å². The quantitative estimate of drug-likeness (QED) is 0.779. The number of carbonyl (C=O) groups is 2. The van der Waals surface area contributed by atoms with E-state index in [0.29, 0.717) is 10.0 Å². The van der Waals surface area contributed by atoms with Crippen molar-refractivity contribution in [2.24, 2.45) is 0 Å². The van der Waals surface area contributed by atoms with Gasteiger partial charge in [0, 0.05) is 7.11 Å². The van der Waals surface area contributed by atoms with Crippen molar-refractivity contribution in [2.45, 2.75) is 25.3 Å². The predicted molar refractivity (Wildman–Crippen MR) is 78.5 cm³/mol. The summed E-state index contributed by atoms with van der Waals surface area (Å²) in [6.07, 6.45) is -0.301. The number of methoxy groups -OCH3 is 1. The van der Waals surface area contributed by atoms with Gasteiger partial charge in [0.2, 0.25) is 5.91 Å². The number of hydrogen-bond acceptors (Lipinski definition) is 3. The number of nitrogens with one attached hydrogen (secondary N) is 1. The Morgan fingerprint density at radius 2 is 2.14 bits per heavy atom. The van der Waals surface area contributed by atoms with Gasteiger partial charge in [-0.05, 0) is 40.5 Å². The van der Waals surface area contributed by atoms with Gasteiger partial charge >= 0.3 is 5.97 Å². The van der Waals surface area contributed by atoms with Gasteiger partial charge in [0.05, 0.1) is 29.5 Å². The summed E-state index contributed by atoms with van der Waals surface area (Å²) in [4.78, 5) is 22.8. The smallest absolute Gasteiger partial charge is 0.305 e. The largest absolute Gasteiger partial charge is 0.481 e. The van der Waals surface area contributed by atoms with Gasteiger partial charge in [0.15, 0.2) is 0 Å². The van der Waals surface area contributed by atoms with Crippen molar-refractivity contribution in [3.8, 4) is 0 Å². The topological polar surface area (TPSA) is 75.6 Å². The molecule has 0 heterocycles. The van der Waals surface area contributed by atoms with Crippen LogP contribution in [0, 0.1) is 5.82 Å². The zero-order valence-corrected chi connectivity index (χ0v) is 13.4. The summed E-state index contributed by atoms with van der Waals surface area (Å²) in [5, 5.41) is 11.5. The Balaban J connectivity index is 2.73. The van der Waals surface area contributed by atoms with Gasteiger partial charge in [-0.15, -0.1) is 0 Å². The molecule has 0 saturated carbocycles. The minimum absolute atomic E-state index is 0.0386. The van der Waals surface area contributed by atoms with E-state index < -0.39 is 23.2 Å². The molecule has 1 atom stereocenters. The number of ether oxygens (including phenoxy) is 1. The lowest BCUT2D eigenvalue weighted by Gasteiger charge is -2.28. The molecule has 0 aromatic heterocycles. The first-order valence-electron chi connectivity index (χ1n) is 6.21. The Morgan fingerprint density at radius 3 is 2.67 bits per heavy atom. The molecule has 5 nitrogen and oxygen atoms in total. The van der Waals surface area contributed by atoms with E-state index in [1.165, 1.54) is 19.2 Å².